The highest BCUT2D eigenvalue weighted by Crippen LogP contribution is 2.29. The largest absolute Gasteiger partial charge is 0.455 e. The van der Waals surface area contributed by atoms with E-state index in [2.05, 4.69) is 17.2 Å². The number of nitrogens with zero attached hydrogens (tertiary/aromatic N) is 1. The Labute approximate surface area is 176 Å². The minimum atomic E-state index is -0.121. The number of carbonyl (C=O) groups is 1. The van der Waals surface area contributed by atoms with Crippen LogP contribution >= 0.6 is 0 Å². The molecular weight excluding hydrogens is 372 g/mol. The Morgan fingerprint density at radius 2 is 1.70 bits per heavy atom. The first-order valence-corrected chi connectivity index (χ1v) is 10.2. The average Bonchev–Trinajstić information content (AvgIpc) is 2.79. The lowest BCUT2D eigenvalue weighted by Gasteiger charge is -2.10. The van der Waals surface area contributed by atoms with E-state index in [1.165, 1.54) is 12.0 Å². The average molecular weight is 396 g/mol. The van der Waals surface area contributed by atoms with Gasteiger partial charge in [0.25, 0.3) is 5.91 Å². The lowest BCUT2D eigenvalue weighted by molar-refractivity contribution is 0.102. The Bertz CT molecular complexity index is 1130. The van der Waals surface area contributed by atoms with E-state index in [0.29, 0.717) is 17.1 Å². The van der Waals surface area contributed by atoms with Crippen LogP contribution in [0.4, 0.5) is 5.69 Å². The van der Waals surface area contributed by atoms with Crippen LogP contribution in [0.2, 0.25) is 0 Å². The van der Waals surface area contributed by atoms with Gasteiger partial charge in [-0.1, -0.05) is 43.7 Å². The van der Waals surface area contributed by atoms with E-state index in [4.69, 9.17) is 4.74 Å². The van der Waals surface area contributed by atoms with Gasteiger partial charge in [0, 0.05) is 22.8 Å². The van der Waals surface area contributed by atoms with Gasteiger partial charge in [0.2, 0.25) is 0 Å². The number of fused-ring (bicyclic) bond motifs is 1. The number of pyridine rings is 1. The van der Waals surface area contributed by atoms with Crippen molar-refractivity contribution < 1.29 is 9.53 Å². The fraction of sp³-hybridized carbons (Fsp3) is 0.154. The van der Waals surface area contributed by atoms with Crippen molar-refractivity contribution in [3.8, 4) is 11.5 Å². The summed E-state index contributed by atoms with van der Waals surface area (Å²) < 4.78 is 6.01. The third kappa shape index (κ3) is 4.66. The van der Waals surface area contributed by atoms with E-state index < -0.39 is 0 Å². The highest BCUT2D eigenvalue weighted by Gasteiger charge is 2.08. The van der Waals surface area contributed by atoms with Crippen LogP contribution in [0.3, 0.4) is 0 Å². The van der Waals surface area contributed by atoms with Crippen LogP contribution < -0.4 is 10.1 Å². The molecule has 0 radical (unpaired) electrons. The molecule has 150 valence electrons. The van der Waals surface area contributed by atoms with Crippen molar-refractivity contribution >= 4 is 22.5 Å². The molecule has 1 heterocycles. The lowest BCUT2D eigenvalue weighted by atomic mass is 10.1. The molecule has 0 spiro atoms. The maximum absolute atomic E-state index is 12.5. The molecule has 30 heavy (non-hydrogen) atoms. The van der Waals surface area contributed by atoms with Crippen molar-refractivity contribution in [2.45, 2.75) is 26.2 Å². The molecule has 3 aromatic carbocycles. The van der Waals surface area contributed by atoms with Crippen LogP contribution in [0, 0.1) is 0 Å². The number of para-hydroxylation sites is 1. The Morgan fingerprint density at radius 3 is 2.47 bits per heavy atom. The van der Waals surface area contributed by atoms with Crippen LogP contribution in [0.15, 0.2) is 85.1 Å². The molecule has 0 aliphatic heterocycles. The maximum Gasteiger partial charge on any atom is 0.255 e. The Hall–Kier alpha value is -3.66. The van der Waals surface area contributed by atoms with Gasteiger partial charge in [0.1, 0.15) is 11.3 Å². The highest BCUT2D eigenvalue weighted by atomic mass is 16.5. The second-order valence-corrected chi connectivity index (χ2v) is 7.21. The molecule has 0 unspecified atom stereocenters. The fourth-order valence-corrected chi connectivity index (χ4v) is 3.30. The molecule has 0 bridgehead atoms. The smallest absolute Gasteiger partial charge is 0.255 e. The minimum Gasteiger partial charge on any atom is -0.455 e. The summed E-state index contributed by atoms with van der Waals surface area (Å²) in [7, 11) is 0. The van der Waals surface area contributed by atoms with Gasteiger partial charge in [0.15, 0.2) is 5.75 Å². The molecular formula is C26H24N2O2. The zero-order valence-electron chi connectivity index (χ0n) is 17.0. The SMILES string of the molecule is CCCCc1ccc(C(=O)Nc2ccc(Oc3cccc4cccnc34)cc2)cc1. The van der Waals surface area contributed by atoms with Gasteiger partial charge in [-0.05, 0) is 66.9 Å². The van der Waals surface area contributed by atoms with Gasteiger partial charge in [0.05, 0.1) is 0 Å². The van der Waals surface area contributed by atoms with E-state index in [1.807, 2.05) is 78.9 Å². The first-order valence-electron chi connectivity index (χ1n) is 10.2. The molecule has 4 nitrogen and oxygen atoms in total. The van der Waals surface area contributed by atoms with E-state index in [9.17, 15) is 4.79 Å². The number of amides is 1. The topological polar surface area (TPSA) is 51.2 Å². The number of aryl methyl sites for hydroxylation is 1. The number of unbranched alkanes of at least 4 members (excludes halogenated alkanes) is 1. The summed E-state index contributed by atoms with van der Waals surface area (Å²) in [6, 6.07) is 24.9. The van der Waals surface area contributed by atoms with Crippen molar-refractivity contribution in [1.29, 1.82) is 0 Å². The van der Waals surface area contributed by atoms with E-state index in [0.717, 1.165) is 29.4 Å². The molecule has 4 heteroatoms. The molecule has 1 amide bonds. The Kier molecular flexibility index (Phi) is 6.04. The predicted octanol–water partition coefficient (Wildman–Crippen LogP) is 6.62. The van der Waals surface area contributed by atoms with Crippen molar-refractivity contribution in [3.05, 3.63) is 96.2 Å². The predicted molar refractivity (Wildman–Crippen MR) is 121 cm³/mol. The fourth-order valence-electron chi connectivity index (χ4n) is 3.30. The molecule has 0 atom stereocenters. The van der Waals surface area contributed by atoms with Crippen LogP contribution in [0.25, 0.3) is 10.9 Å². The second kappa shape index (κ2) is 9.23. The number of rotatable bonds is 7. The number of nitrogens with one attached hydrogen (secondary N) is 1. The number of anilines is 1. The quantitative estimate of drug-likeness (QED) is 0.382. The molecule has 1 aromatic heterocycles. The zero-order chi connectivity index (χ0) is 20.8. The molecule has 1 N–H and O–H groups in total. The lowest BCUT2D eigenvalue weighted by Crippen LogP contribution is -2.11. The highest BCUT2D eigenvalue weighted by molar-refractivity contribution is 6.04. The van der Waals surface area contributed by atoms with Crippen molar-refractivity contribution in [3.63, 3.8) is 0 Å². The molecule has 4 rings (SSSR count). The number of ether oxygens (including phenoxy) is 1. The summed E-state index contributed by atoms with van der Waals surface area (Å²) in [5.74, 6) is 1.27. The third-order valence-corrected chi connectivity index (χ3v) is 4.97. The summed E-state index contributed by atoms with van der Waals surface area (Å²) in [6.07, 6.45) is 5.13. The van der Waals surface area contributed by atoms with Crippen LogP contribution in [0.5, 0.6) is 11.5 Å². The van der Waals surface area contributed by atoms with E-state index in [1.54, 1.807) is 6.20 Å². The summed E-state index contributed by atoms with van der Waals surface area (Å²) in [6.45, 7) is 2.18. The summed E-state index contributed by atoms with van der Waals surface area (Å²) in [4.78, 5) is 16.9. The van der Waals surface area contributed by atoms with Crippen LogP contribution in [0.1, 0.15) is 35.7 Å². The maximum atomic E-state index is 12.5. The standard InChI is InChI=1S/C26H24N2O2/c1-2-3-6-19-10-12-21(13-11-19)26(29)28-22-14-16-23(17-15-22)30-24-9-4-7-20-8-5-18-27-25(20)24/h4-5,7-18H,2-3,6H2,1H3,(H,28,29). The van der Waals surface area contributed by atoms with Gasteiger partial charge in [-0.25, -0.2) is 0 Å². The molecule has 0 aliphatic rings. The van der Waals surface area contributed by atoms with Gasteiger partial charge < -0.3 is 10.1 Å². The number of benzene rings is 3. The minimum absolute atomic E-state index is 0.121. The van der Waals surface area contributed by atoms with Crippen molar-refractivity contribution in [2.24, 2.45) is 0 Å². The van der Waals surface area contributed by atoms with Gasteiger partial charge in [-0.15, -0.1) is 0 Å². The first-order chi connectivity index (χ1) is 14.7. The third-order valence-electron chi connectivity index (χ3n) is 4.97. The van der Waals surface area contributed by atoms with Crippen molar-refractivity contribution in [2.75, 3.05) is 5.32 Å². The summed E-state index contributed by atoms with van der Waals surface area (Å²) in [5.41, 5.74) is 3.45. The molecule has 0 saturated heterocycles. The van der Waals surface area contributed by atoms with Crippen molar-refractivity contribution in [1.82, 2.24) is 4.98 Å². The van der Waals surface area contributed by atoms with Gasteiger partial charge in [-0.2, -0.15) is 0 Å². The van der Waals surface area contributed by atoms with E-state index >= 15 is 0 Å². The molecule has 0 saturated carbocycles. The number of aromatic nitrogens is 1. The summed E-state index contributed by atoms with van der Waals surface area (Å²) in [5, 5.41) is 3.96. The second-order valence-electron chi connectivity index (χ2n) is 7.21. The first kappa shape index (κ1) is 19.6. The number of hydrogen-bond acceptors (Lipinski definition) is 3. The molecule has 0 fully saturated rings. The van der Waals surface area contributed by atoms with Crippen LogP contribution in [-0.4, -0.2) is 10.9 Å². The van der Waals surface area contributed by atoms with E-state index in [-0.39, 0.29) is 5.91 Å². The Balaban J connectivity index is 1.41. The molecule has 0 aliphatic carbocycles. The Morgan fingerprint density at radius 1 is 0.933 bits per heavy atom. The number of carbonyl (C=O) groups excluding carboxylic acids is 1. The normalized spacial score (nSPS) is 10.7. The van der Waals surface area contributed by atoms with Gasteiger partial charge >= 0.3 is 0 Å². The molecule has 4 aromatic rings. The summed E-state index contributed by atoms with van der Waals surface area (Å²) >= 11 is 0. The zero-order valence-corrected chi connectivity index (χ0v) is 17.0. The number of hydrogen-bond donors (Lipinski definition) is 1. The van der Waals surface area contributed by atoms with Crippen LogP contribution in [-0.2, 0) is 6.42 Å². The van der Waals surface area contributed by atoms with Gasteiger partial charge in [-0.3, -0.25) is 9.78 Å². The monoisotopic (exact) mass is 396 g/mol.